The molecule has 0 aliphatic carbocycles. The average Bonchev–Trinajstić information content (AvgIpc) is 2.14. The second kappa shape index (κ2) is 2.53. The van der Waals surface area contributed by atoms with Crippen molar-refractivity contribution in [2.45, 2.75) is 19.4 Å². The minimum absolute atomic E-state index is 0.0515. The van der Waals surface area contributed by atoms with Crippen LogP contribution in [0.1, 0.15) is 13.8 Å². The number of carbonyl (C=O) groups excluding carboxylic acids is 1. The van der Waals surface area contributed by atoms with Gasteiger partial charge in [-0.3, -0.25) is 10.0 Å². The van der Waals surface area contributed by atoms with Crippen LogP contribution in [0.15, 0.2) is 11.1 Å². The lowest BCUT2D eigenvalue weighted by Crippen LogP contribution is -2.41. The lowest BCUT2D eigenvalue weighted by molar-refractivity contribution is -0.144. The van der Waals surface area contributed by atoms with Gasteiger partial charge in [0.15, 0.2) is 5.78 Å². The molecule has 0 saturated carbocycles. The van der Waals surface area contributed by atoms with Crippen LogP contribution in [0.5, 0.6) is 0 Å². The molecule has 0 unspecified atom stereocenters. The van der Waals surface area contributed by atoms with E-state index in [9.17, 15) is 10.0 Å². The number of nitrogens with zero attached hydrogens (tertiary/aromatic N) is 1. The fourth-order valence-corrected chi connectivity index (χ4v) is 1.50. The molecule has 0 fully saturated rings. The molecule has 0 radical (unpaired) electrons. The van der Waals surface area contributed by atoms with E-state index < -0.39 is 5.54 Å². The van der Waals surface area contributed by atoms with Crippen LogP contribution in [0.2, 0.25) is 0 Å². The second-order valence-corrected chi connectivity index (χ2v) is 3.75. The lowest BCUT2D eigenvalue weighted by atomic mass is 10.0. The standard InChI is InChI=1S/C7H11NO2S/c1-7(2)5(9)4-6(11-3)8(7)10/h4,10H,1-3H3. The Labute approximate surface area is 70.0 Å². The minimum Gasteiger partial charge on any atom is -0.292 e. The zero-order valence-electron chi connectivity index (χ0n) is 6.79. The Kier molecular flexibility index (Phi) is 1.98. The van der Waals surface area contributed by atoms with Gasteiger partial charge in [-0.15, -0.1) is 11.8 Å². The van der Waals surface area contributed by atoms with Crippen molar-refractivity contribution in [2.75, 3.05) is 6.26 Å². The van der Waals surface area contributed by atoms with Gasteiger partial charge in [0.05, 0.1) is 0 Å². The molecule has 0 aromatic heterocycles. The molecule has 3 nitrogen and oxygen atoms in total. The Balaban J connectivity index is 2.93. The van der Waals surface area contributed by atoms with Crippen LogP contribution in [-0.2, 0) is 4.79 Å². The van der Waals surface area contributed by atoms with Gasteiger partial charge < -0.3 is 0 Å². The highest BCUT2D eigenvalue weighted by molar-refractivity contribution is 8.02. The number of hydrogen-bond donors (Lipinski definition) is 1. The molecule has 1 heterocycles. The number of hydrogen-bond acceptors (Lipinski definition) is 4. The SMILES string of the molecule is CSC1=CC(=O)C(C)(C)N1O. The number of hydroxylamine groups is 2. The summed E-state index contributed by atoms with van der Waals surface area (Å²) in [6, 6.07) is 0. The van der Waals surface area contributed by atoms with E-state index in [-0.39, 0.29) is 5.78 Å². The van der Waals surface area contributed by atoms with E-state index >= 15 is 0 Å². The van der Waals surface area contributed by atoms with Crippen molar-refractivity contribution in [3.05, 3.63) is 11.1 Å². The summed E-state index contributed by atoms with van der Waals surface area (Å²) in [6.07, 6.45) is 3.29. The van der Waals surface area contributed by atoms with Gasteiger partial charge in [0, 0.05) is 6.08 Å². The van der Waals surface area contributed by atoms with Crippen molar-refractivity contribution >= 4 is 17.5 Å². The maximum atomic E-state index is 11.2. The first-order chi connectivity index (χ1) is 5.00. The van der Waals surface area contributed by atoms with Gasteiger partial charge in [0.2, 0.25) is 0 Å². The number of carbonyl (C=O) groups is 1. The van der Waals surface area contributed by atoms with Crippen molar-refractivity contribution in [1.29, 1.82) is 0 Å². The molecule has 0 atom stereocenters. The highest BCUT2D eigenvalue weighted by atomic mass is 32.2. The number of thioether (sulfide) groups is 1. The molecule has 0 spiro atoms. The summed E-state index contributed by atoms with van der Waals surface area (Å²) in [5, 5.41) is 11.0. The summed E-state index contributed by atoms with van der Waals surface area (Å²) < 4.78 is 0. The molecular weight excluding hydrogens is 162 g/mol. The zero-order valence-corrected chi connectivity index (χ0v) is 7.60. The van der Waals surface area contributed by atoms with Crippen LogP contribution >= 0.6 is 11.8 Å². The Bertz CT molecular complexity index is 222. The Morgan fingerprint density at radius 1 is 1.64 bits per heavy atom. The third-order valence-corrected chi connectivity index (χ3v) is 2.51. The molecule has 0 amide bonds. The predicted molar refractivity (Wildman–Crippen MR) is 44.3 cm³/mol. The van der Waals surface area contributed by atoms with Crippen LogP contribution in [0.4, 0.5) is 0 Å². The van der Waals surface area contributed by atoms with E-state index in [2.05, 4.69) is 0 Å². The zero-order chi connectivity index (χ0) is 8.65. The highest BCUT2D eigenvalue weighted by Gasteiger charge is 2.39. The molecule has 1 N–H and O–H groups in total. The maximum Gasteiger partial charge on any atom is 0.185 e. The summed E-state index contributed by atoms with van der Waals surface area (Å²) in [7, 11) is 0. The third-order valence-electron chi connectivity index (χ3n) is 1.80. The molecule has 0 aromatic rings. The van der Waals surface area contributed by atoms with Crippen LogP contribution in [0, 0.1) is 0 Å². The molecule has 0 aromatic carbocycles. The Morgan fingerprint density at radius 3 is 2.36 bits per heavy atom. The normalized spacial score (nSPS) is 22.4. The highest BCUT2D eigenvalue weighted by Crippen LogP contribution is 2.31. The molecule has 1 rings (SSSR count). The first kappa shape index (κ1) is 8.62. The molecule has 0 bridgehead atoms. The quantitative estimate of drug-likeness (QED) is 0.647. The fraction of sp³-hybridized carbons (Fsp3) is 0.571. The van der Waals surface area contributed by atoms with Crippen LogP contribution < -0.4 is 0 Å². The van der Waals surface area contributed by atoms with E-state index in [1.165, 1.54) is 17.8 Å². The molecule has 1 aliphatic rings. The van der Waals surface area contributed by atoms with Gasteiger partial charge in [-0.25, -0.2) is 5.06 Å². The van der Waals surface area contributed by atoms with Gasteiger partial charge in [-0.1, -0.05) is 0 Å². The molecule has 62 valence electrons. The smallest absolute Gasteiger partial charge is 0.185 e. The first-order valence-electron chi connectivity index (χ1n) is 3.29. The van der Waals surface area contributed by atoms with Crippen LogP contribution in [0.3, 0.4) is 0 Å². The first-order valence-corrected chi connectivity index (χ1v) is 4.52. The largest absolute Gasteiger partial charge is 0.292 e. The van der Waals surface area contributed by atoms with E-state index in [1.54, 1.807) is 13.8 Å². The van der Waals surface area contributed by atoms with Gasteiger partial charge in [0.1, 0.15) is 10.6 Å². The molecule has 11 heavy (non-hydrogen) atoms. The molecule has 0 saturated heterocycles. The van der Waals surface area contributed by atoms with E-state index in [1.807, 2.05) is 6.26 Å². The number of rotatable bonds is 1. The number of ketones is 1. The summed E-state index contributed by atoms with van der Waals surface area (Å²) >= 11 is 1.36. The Morgan fingerprint density at radius 2 is 2.18 bits per heavy atom. The summed E-state index contributed by atoms with van der Waals surface area (Å²) in [6.45, 7) is 3.38. The van der Waals surface area contributed by atoms with Crippen molar-refractivity contribution in [3.63, 3.8) is 0 Å². The monoisotopic (exact) mass is 173 g/mol. The lowest BCUT2D eigenvalue weighted by Gasteiger charge is -2.26. The predicted octanol–water partition coefficient (Wildman–Crippen LogP) is 1.24. The van der Waals surface area contributed by atoms with Crippen molar-refractivity contribution in [1.82, 2.24) is 5.06 Å². The molecule has 1 aliphatic heterocycles. The van der Waals surface area contributed by atoms with Crippen molar-refractivity contribution in [3.8, 4) is 0 Å². The molecule has 4 heteroatoms. The van der Waals surface area contributed by atoms with Gasteiger partial charge >= 0.3 is 0 Å². The van der Waals surface area contributed by atoms with Gasteiger partial charge in [-0.2, -0.15) is 0 Å². The minimum atomic E-state index is -0.779. The maximum absolute atomic E-state index is 11.2. The van der Waals surface area contributed by atoms with Gasteiger partial charge in [-0.05, 0) is 20.1 Å². The van der Waals surface area contributed by atoms with E-state index in [4.69, 9.17) is 0 Å². The van der Waals surface area contributed by atoms with Crippen molar-refractivity contribution in [2.24, 2.45) is 0 Å². The summed E-state index contributed by atoms with van der Waals surface area (Å²) in [4.78, 5) is 11.2. The van der Waals surface area contributed by atoms with E-state index in [0.717, 1.165) is 5.06 Å². The summed E-state index contributed by atoms with van der Waals surface area (Å²) in [5.41, 5.74) is -0.779. The second-order valence-electron chi connectivity index (χ2n) is 2.92. The Hall–Kier alpha value is -0.480. The fourth-order valence-electron chi connectivity index (χ4n) is 0.875. The average molecular weight is 173 g/mol. The third kappa shape index (κ3) is 1.16. The van der Waals surface area contributed by atoms with Crippen molar-refractivity contribution < 1.29 is 10.0 Å². The van der Waals surface area contributed by atoms with Gasteiger partial charge in [0.25, 0.3) is 0 Å². The van der Waals surface area contributed by atoms with Crippen LogP contribution in [-0.4, -0.2) is 27.8 Å². The summed E-state index contributed by atoms with van der Waals surface area (Å²) in [5.74, 6) is -0.0515. The van der Waals surface area contributed by atoms with E-state index in [0.29, 0.717) is 5.03 Å². The topological polar surface area (TPSA) is 40.5 Å². The molecular formula is C7H11NO2S. The van der Waals surface area contributed by atoms with Crippen LogP contribution in [0.25, 0.3) is 0 Å².